The first-order chi connectivity index (χ1) is 24.3. The van der Waals surface area contributed by atoms with E-state index in [1.54, 1.807) is 0 Å². The highest BCUT2D eigenvalue weighted by Crippen LogP contribution is 2.54. The van der Waals surface area contributed by atoms with Gasteiger partial charge in [0.15, 0.2) is 23.1 Å². The molecule has 15 heteroatoms. The van der Waals surface area contributed by atoms with E-state index in [1.165, 1.54) is 60.7 Å². The van der Waals surface area contributed by atoms with Crippen LogP contribution in [0, 0.1) is 0 Å². The summed E-state index contributed by atoms with van der Waals surface area (Å²) in [5.41, 5.74) is -0.676. The molecule has 6 rings (SSSR count). The average Bonchev–Trinajstić information content (AvgIpc) is 3.09. The second-order valence-corrected chi connectivity index (χ2v) is 11.9. The van der Waals surface area contributed by atoms with E-state index in [0.717, 1.165) is 12.1 Å². The van der Waals surface area contributed by atoms with Crippen LogP contribution in [-0.4, -0.2) is 93.7 Å². The van der Waals surface area contributed by atoms with Gasteiger partial charge in [-0.25, -0.2) is 0 Å². The van der Waals surface area contributed by atoms with Gasteiger partial charge in [-0.1, -0.05) is 30.3 Å². The number of Topliss-reactive ketones (excluding diaryl/α,β-unsaturated/α-hetero) is 1. The van der Waals surface area contributed by atoms with Crippen molar-refractivity contribution >= 4 is 17.6 Å². The molecule has 6 atom stereocenters. The van der Waals surface area contributed by atoms with E-state index >= 15 is 0 Å². The molecule has 15 nitrogen and oxygen atoms in total. The fraction of sp³-hybridized carbons (Fsp3) is 0.222. The lowest BCUT2D eigenvalue weighted by atomic mass is 9.88. The number of phenolic OH excluding ortho intramolecular Hbond substituents is 6. The van der Waals surface area contributed by atoms with Gasteiger partial charge in [0.25, 0.3) is 0 Å². The molecule has 2 heterocycles. The maximum atomic E-state index is 13.5. The highest BCUT2D eigenvalue weighted by molar-refractivity contribution is 6.11. The zero-order chi connectivity index (χ0) is 36.7. The summed E-state index contributed by atoms with van der Waals surface area (Å²) < 4.78 is 17.2. The predicted octanol–water partition coefficient (Wildman–Crippen LogP) is 2.83. The standard InChI is InChI=1S/C36H32O15/c37-14-25-29(43)33(47)34(48)35(51-25)28-30(44)27(20(40)10-3-15-1-6-17(38)7-2-15)31(45)36(32(28)46)49-19-8-4-16(5-9-19)23-13-22(42)26-21(41)11-18(39)12-24(26)50-23/h1-12,23,25,29,33-35,37-39,41,43-48H,13-14H2/t23-,25-,29-,33+,34-,35+/m0/s1. The topological polar surface area (TPSA) is 264 Å². The van der Waals surface area contributed by atoms with Crippen molar-refractivity contribution in [3.63, 3.8) is 0 Å². The quantitative estimate of drug-likeness (QED) is 0.0934. The number of aliphatic hydroxyl groups excluding tert-OH is 4. The molecule has 1 fully saturated rings. The molecule has 0 spiro atoms. The number of carbonyl (C=O) groups is 2. The van der Waals surface area contributed by atoms with Crippen LogP contribution in [0.15, 0.2) is 66.7 Å². The highest BCUT2D eigenvalue weighted by atomic mass is 16.5. The molecule has 0 unspecified atom stereocenters. The van der Waals surface area contributed by atoms with Crippen molar-refractivity contribution in [2.75, 3.05) is 6.61 Å². The van der Waals surface area contributed by atoms with Gasteiger partial charge in [0.2, 0.25) is 5.75 Å². The third-order valence-electron chi connectivity index (χ3n) is 8.61. The zero-order valence-electron chi connectivity index (χ0n) is 26.3. The van der Waals surface area contributed by atoms with Crippen LogP contribution >= 0.6 is 0 Å². The monoisotopic (exact) mass is 704 g/mol. The molecule has 4 aromatic carbocycles. The third kappa shape index (κ3) is 6.59. The lowest BCUT2D eigenvalue weighted by Crippen LogP contribution is -2.55. The number of carbonyl (C=O) groups excluding carboxylic acids is 2. The maximum Gasteiger partial charge on any atom is 0.212 e. The summed E-state index contributed by atoms with van der Waals surface area (Å²) in [5, 5.41) is 105. The highest BCUT2D eigenvalue weighted by Gasteiger charge is 2.47. The number of phenols is 6. The Bertz CT molecular complexity index is 2000. The van der Waals surface area contributed by atoms with Gasteiger partial charge in [-0.2, -0.15) is 0 Å². The van der Waals surface area contributed by atoms with Crippen molar-refractivity contribution in [2.24, 2.45) is 0 Å². The number of hydrogen-bond acceptors (Lipinski definition) is 15. The molecule has 2 aliphatic rings. The molecule has 0 aliphatic carbocycles. The Morgan fingerprint density at radius 1 is 0.824 bits per heavy atom. The molecular weight excluding hydrogens is 672 g/mol. The van der Waals surface area contributed by atoms with E-state index < -0.39 is 94.7 Å². The normalized spacial score (nSPS) is 23.1. The Balaban J connectivity index is 1.37. The number of fused-ring (bicyclic) bond motifs is 1. The Morgan fingerprint density at radius 3 is 2.18 bits per heavy atom. The lowest BCUT2D eigenvalue weighted by molar-refractivity contribution is -0.232. The third-order valence-corrected chi connectivity index (χ3v) is 8.61. The summed E-state index contributed by atoms with van der Waals surface area (Å²) in [6.45, 7) is -0.845. The number of allylic oxidation sites excluding steroid dienone is 1. The van der Waals surface area contributed by atoms with Gasteiger partial charge < -0.3 is 65.3 Å². The fourth-order valence-electron chi connectivity index (χ4n) is 5.97. The van der Waals surface area contributed by atoms with Crippen molar-refractivity contribution < 1.29 is 74.9 Å². The molecular formula is C36H32O15. The second-order valence-electron chi connectivity index (χ2n) is 11.9. The van der Waals surface area contributed by atoms with Crippen LogP contribution in [0.25, 0.3) is 6.08 Å². The van der Waals surface area contributed by atoms with E-state index in [1.807, 2.05) is 0 Å². The molecule has 0 amide bonds. The Kier molecular flexibility index (Phi) is 9.48. The van der Waals surface area contributed by atoms with Crippen LogP contribution in [0.3, 0.4) is 0 Å². The minimum Gasteiger partial charge on any atom is -0.508 e. The summed E-state index contributed by atoms with van der Waals surface area (Å²) in [4.78, 5) is 26.2. The first kappa shape index (κ1) is 35.0. The summed E-state index contributed by atoms with van der Waals surface area (Å²) in [6, 6.07) is 13.6. The van der Waals surface area contributed by atoms with Gasteiger partial charge in [-0.3, -0.25) is 9.59 Å². The molecule has 0 aromatic heterocycles. The molecule has 266 valence electrons. The summed E-state index contributed by atoms with van der Waals surface area (Å²) in [5.74, 6) is -6.18. The summed E-state index contributed by atoms with van der Waals surface area (Å²) in [7, 11) is 0. The number of rotatable bonds is 8. The molecule has 1 saturated heterocycles. The first-order valence-corrected chi connectivity index (χ1v) is 15.4. The van der Waals surface area contributed by atoms with Crippen LogP contribution in [0.1, 0.15) is 56.0 Å². The summed E-state index contributed by atoms with van der Waals surface area (Å²) in [6.07, 6.45) is -7.79. The Labute approximate surface area is 288 Å². The SMILES string of the molecule is O=C1C[C@@H](c2ccc(Oc3c(O)c(C(=O)C=Cc4ccc(O)cc4)c(O)c([C@H]4O[C@@H](CO)[C@H](O)[C@@H](O)[C@@H]4O)c3O)cc2)Oc2cc(O)cc(O)c21. The van der Waals surface area contributed by atoms with Gasteiger partial charge in [0.1, 0.15) is 82.2 Å². The number of ketones is 2. The number of ether oxygens (including phenoxy) is 3. The van der Waals surface area contributed by atoms with Crippen LogP contribution in [0.4, 0.5) is 0 Å². The van der Waals surface area contributed by atoms with Crippen LogP contribution < -0.4 is 9.47 Å². The lowest BCUT2D eigenvalue weighted by Gasteiger charge is -2.40. The van der Waals surface area contributed by atoms with Gasteiger partial charge in [0.05, 0.1) is 18.6 Å². The average molecular weight is 705 g/mol. The Morgan fingerprint density at radius 2 is 1.51 bits per heavy atom. The van der Waals surface area contributed by atoms with Gasteiger partial charge in [-0.15, -0.1) is 0 Å². The van der Waals surface area contributed by atoms with Crippen molar-refractivity contribution in [2.45, 2.75) is 43.0 Å². The molecule has 4 aromatic rings. The molecule has 0 bridgehead atoms. The van der Waals surface area contributed by atoms with Crippen molar-refractivity contribution in [1.82, 2.24) is 0 Å². The predicted molar refractivity (Wildman–Crippen MR) is 174 cm³/mol. The molecule has 0 radical (unpaired) electrons. The number of aliphatic hydroxyl groups is 4. The second kappa shape index (κ2) is 13.8. The maximum absolute atomic E-state index is 13.5. The van der Waals surface area contributed by atoms with Crippen LogP contribution in [0.5, 0.6) is 51.7 Å². The number of benzene rings is 4. The van der Waals surface area contributed by atoms with Crippen molar-refractivity contribution in [3.8, 4) is 51.7 Å². The van der Waals surface area contributed by atoms with E-state index in [9.17, 15) is 60.7 Å². The van der Waals surface area contributed by atoms with Gasteiger partial charge in [0, 0.05) is 12.1 Å². The van der Waals surface area contributed by atoms with E-state index in [0.29, 0.717) is 11.1 Å². The largest absolute Gasteiger partial charge is 0.508 e. The zero-order valence-corrected chi connectivity index (χ0v) is 26.3. The van der Waals surface area contributed by atoms with Crippen molar-refractivity contribution in [3.05, 3.63) is 94.6 Å². The fourth-order valence-corrected chi connectivity index (χ4v) is 5.97. The molecule has 51 heavy (non-hydrogen) atoms. The Hall–Kier alpha value is -5.84. The van der Waals surface area contributed by atoms with Crippen LogP contribution in [0.2, 0.25) is 0 Å². The molecule has 2 aliphatic heterocycles. The van der Waals surface area contributed by atoms with Crippen molar-refractivity contribution in [1.29, 1.82) is 0 Å². The van der Waals surface area contributed by atoms with Gasteiger partial charge >= 0.3 is 0 Å². The van der Waals surface area contributed by atoms with E-state index in [2.05, 4.69) is 0 Å². The summed E-state index contributed by atoms with van der Waals surface area (Å²) >= 11 is 0. The smallest absolute Gasteiger partial charge is 0.212 e. The number of hydrogen-bond donors (Lipinski definition) is 10. The number of aromatic hydroxyl groups is 6. The van der Waals surface area contributed by atoms with E-state index in [-0.39, 0.29) is 35.0 Å². The van der Waals surface area contributed by atoms with E-state index in [4.69, 9.17) is 14.2 Å². The first-order valence-electron chi connectivity index (χ1n) is 15.4. The van der Waals surface area contributed by atoms with Gasteiger partial charge in [-0.05, 0) is 41.5 Å². The minimum absolute atomic E-state index is 0.0228. The molecule has 0 saturated carbocycles. The molecule has 10 N–H and O–H groups in total. The van der Waals surface area contributed by atoms with Crippen LogP contribution in [-0.2, 0) is 4.74 Å². The minimum atomic E-state index is -2.01.